The highest BCUT2D eigenvalue weighted by Crippen LogP contribution is 2.02. The number of rotatable bonds is 8. The molecule has 0 amide bonds. The highest BCUT2D eigenvalue weighted by atomic mass is 16.5. The highest BCUT2D eigenvalue weighted by molar-refractivity contribution is 5.15. The fourth-order valence-electron chi connectivity index (χ4n) is 1.95. The van der Waals surface area contributed by atoms with Crippen LogP contribution in [0.3, 0.4) is 0 Å². The second-order valence-corrected chi connectivity index (χ2v) is 4.56. The number of ether oxygens (including phenoxy) is 1. The maximum atomic E-state index is 6.14. The molecule has 1 aromatic rings. The zero-order valence-electron chi connectivity index (χ0n) is 10.9. The Morgan fingerprint density at radius 1 is 1.29 bits per heavy atom. The molecule has 1 aromatic carbocycles. The zero-order valence-corrected chi connectivity index (χ0v) is 10.9. The number of hydrogen-bond donors (Lipinski definition) is 1. The van der Waals surface area contributed by atoms with Crippen molar-refractivity contribution < 1.29 is 4.74 Å². The van der Waals surface area contributed by atoms with Crippen LogP contribution in [-0.2, 0) is 11.2 Å². The van der Waals surface area contributed by atoms with Gasteiger partial charge in [-0.05, 0) is 25.5 Å². The Morgan fingerprint density at radius 3 is 2.65 bits per heavy atom. The molecule has 0 aliphatic heterocycles. The lowest BCUT2D eigenvalue weighted by atomic mass is 10.1. The summed E-state index contributed by atoms with van der Waals surface area (Å²) in [6.45, 7) is 2.78. The van der Waals surface area contributed by atoms with Crippen LogP contribution in [0, 0.1) is 0 Å². The van der Waals surface area contributed by atoms with E-state index in [0.29, 0.717) is 0 Å². The summed E-state index contributed by atoms with van der Waals surface area (Å²) in [4.78, 5) is 2.27. The molecule has 0 fully saturated rings. The molecule has 0 saturated carbocycles. The summed E-state index contributed by atoms with van der Waals surface area (Å²) in [5.74, 6) is 0. The molecule has 2 N–H and O–H groups in total. The van der Waals surface area contributed by atoms with E-state index in [1.54, 1.807) is 7.11 Å². The minimum Gasteiger partial charge on any atom is -0.385 e. The normalized spacial score (nSPS) is 12.9. The van der Waals surface area contributed by atoms with Crippen LogP contribution >= 0.6 is 0 Å². The van der Waals surface area contributed by atoms with E-state index in [1.807, 2.05) is 6.07 Å². The number of likely N-dealkylation sites (N-methyl/N-ethyl adjacent to an activating group) is 1. The number of hydrogen-bond acceptors (Lipinski definition) is 3. The topological polar surface area (TPSA) is 38.5 Å². The summed E-state index contributed by atoms with van der Waals surface area (Å²) in [7, 11) is 3.85. The first-order valence-corrected chi connectivity index (χ1v) is 6.19. The average Bonchev–Trinajstić information content (AvgIpc) is 2.30. The van der Waals surface area contributed by atoms with E-state index in [0.717, 1.165) is 32.5 Å². The van der Waals surface area contributed by atoms with Crippen LogP contribution in [0.25, 0.3) is 0 Å². The average molecular weight is 236 g/mol. The Labute approximate surface area is 105 Å². The van der Waals surface area contributed by atoms with E-state index in [4.69, 9.17) is 10.5 Å². The maximum absolute atomic E-state index is 6.14. The smallest absolute Gasteiger partial charge is 0.0474 e. The molecule has 0 aliphatic rings. The van der Waals surface area contributed by atoms with Crippen LogP contribution in [-0.4, -0.2) is 44.8 Å². The lowest BCUT2D eigenvalue weighted by molar-refractivity contribution is 0.177. The molecule has 0 radical (unpaired) electrons. The second-order valence-electron chi connectivity index (χ2n) is 4.56. The molecule has 0 saturated heterocycles. The van der Waals surface area contributed by atoms with Gasteiger partial charge in [0, 0.05) is 32.8 Å². The molecule has 0 heterocycles. The third-order valence-electron chi connectivity index (χ3n) is 2.78. The van der Waals surface area contributed by atoms with Crippen molar-refractivity contribution in [3.63, 3.8) is 0 Å². The van der Waals surface area contributed by atoms with Crippen molar-refractivity contribution in [2.45, 2.75) is 18.9 Å². The van der Waals surface area contributed by atoms with Crippen LogP contribution in [0.1, 0.15) is 12.0 Å². The molecule has 0 spiro atoms. The quantitative estimate of drug-likeness (QED) is 0.696. The van der Waals surface area contributed by atoms with Crippen molar-refractivity contribution in [1.29, 1.82) is 0 Å². The summed E-state index contributed by atoms with van der Waals surface area (Å²) in [5, 5.41) is 0. The van der Waals surface area contributed by atoms with E-state index in [-0.39, 0.29) is 6.04 Å². The Kier molecular flexibility index (Phi) is 6.86. The van der Waals surface area contributed by atoms with Crippen molar-refractivity contribution >= 4 is 0 Å². The van der Waals surface area contributed by atoms with Gasteiger partial charge < -0.3 is 15.4 Å². The van der Waals surface area contributed by atoms with E-state index in [1.165, 1.54) is 5.56 Å². The van der Waals surface area contributed by atoms with E-state index >= 15 is 0 Å². The van der Waals surface area contributed by atoms with Crippen molar-refractivity contribution in [3.05, 3.63) is 35.9 Å². The summed E-state index contributed by atoms with van der Waals surface area (Å²) >= 11 is 0. The lowest BCUT2D eigenvalue weighted by Crippen LogP contribution is -2.37. The third-order valence-corrected chi connectivity index (χ3v) is 2.78. The number of nitrogens with zero attached hydrogens (tertiary/aromatic N) is 1. The molecular formula is C14H24N2O. The molecule has 0 bridgehead atoms. The van der Waals surface area contributed by atoms with E-state index in [2.05, 4.69) is 36.2 Å². The van der Waals surface area contributed by atoms with Crippen molar-refractivity contribution in [1.82, 2.24) is 4.90 Å². The third kappa shape index (κ3) is 6.41. The number of methoxy groups -OCH3 is 1. The highest BCUT2D eigenvalue weighted by Gasteiger charge is 2.07. The largest absolute Gasteiger partial charge is 0.385 e. The Hall–Kier alpha value is -0.900. The van der Waals surface area contributed by atoms with Gasteiger partial charge >= 0.3 is 0 Å². The van der Waals surface area contributed by atoms with Crippen LogP contribution in [0.4, 0.5) is 0 Å². The van der Waals surface area contributed by atoms with E-state index < -0.39 is 0 Å². The van der Waals surface area contributed by atoms with Crippen molar-refractivity contribution in [3.8, 4) is 0 Å². The van der Waals surface area contributed by atoms with Gasteiger partial charge in [0.05, 0.1) is 0 Å². The monoisotopic (exact) mass is 236 g/mol. The molecule has 0 aromatic heterocycles. The standard InChI is InChI=1S/C14H24N2O/c1-16(9-6-10-17-2)12-14(15)11-13-7-4-3-5-8-13/h3-5,7-8,14H,6,9-12,15H2,1-2H3/t14-/m1/s1. The SMILES string of the molecule is COCCCN(C)C[C@H](N)Cc1ccccc1. The zero-order chi connectivity index (χ0) is 12.5. The Bertz CT molecular complexity index is 290. The minimum absolute atomic E-state index is 0.199. The van der Waals surface area contributed by atoms with Gasteiger partial charge in [-0.2, -0.15) is 0 Å². The minimum atomic E-state index is 0.199. The molecule has 3 heteroatoms. The van der Waals surface area contributed by atoms with Crippen LogP contribution in [0.2, 0.25) is 0 Å². The molecule has 3 nitrogen and oxygen atoms in total. The molecule has 17 heavy (non-hydrogen) atoms. The van der Waals surface area contributed by atoms with Gasteiger partial charge in [0.15, 0.2) is 0 Å². The van der Waals surface area contributed by atoms with Gasteiger partial charge in [-0.25, -0.2) is 0 Å². The summed E-state index contributed by atoms with van der Waals surface area (Å²) in [6.07, 6.45) is 2.00. The van der Waals surface area contributed by atoms with Crippen molar-refractivity contribution in [2.75, 3.05) is 33.9 Å². The predicted octanol–water partition coefficient (Wildman–Crippen LogP) is 1.52. The van der Waals surface area contributed by atoms with Gasteiger partial charge in [0.2, 0.25) is 0 Å². The predicted molar refractivity (Wildman–Crippen MR) is 72.1 cm³/mol. The fraction of sp³-hybridized carbons (Fsp3) is 0.571. The van der Waals surface area contributed by atoms with Crippen molar-refractivity contribution in [2.24, 2.45) is 5.73 Å². The van der Waals surface area contributed by atoms with Gasteiger partial charge in [-0.3, -0.25) is 0 Å². The Balaban J connectivity index is 2.22. The van der Waals surface area contributed by atoms with Crippen LogP contribution in [0.15, 0.2) is 30.3 Å². The first-order valence-electron chi connectivity index (χ1n) is 6.19. The van der Waals surface area contributed by atoms with Crippen LogP contribution in [0.5, 0.6) is 0 Å². The van der Waals surface area contributed by atoms with Crippen LogP contribution < -0.4 is 5.73 Å². The molecule has 1 atom stereocenters. The molecule has 0 aliphatic carbocycles. The maximum Gasteiger partial charge on any atom is 0.0474 e. The van der Waals surface area contributed by atoms with Gasteiger partial charge in [0.1, 0.15) is 0 Å². The summed E-state index contributed by atoms with van der Waals surface area (Å²) in [5.41, 5.74) is 7.45. The molecule has 96 valence electrons. The first-order chi connectivity index (χ1) is 8.22. The fourth-order valence-corrected chi connectivity index (χ4v) is 1.95. The molecular weight excluding hydrogens is 212 g/mol. The number of benzene rings is 1. The molecule has 1 rings (SSSR count). The van der Waals surface area contributed by atoms with Gasteiger partial charge in [-0.15, -0.1) is 0 Å². The lowest BCUT2D eigenvalue weighted by Gasteiger charge is -2.21. The second kappa shape index (κ2) is 8.23. The summed E-state index contributed by atoms with van der Waals surface area (Å²) < 4.78 is 5.03. The Morgan fingerprint density at radius 2 is 2.00 bits per heavy atom. The number of nitrogens with two attached hydrogens (primary N) is 1. The summed E-state index contributed by atoms with van der Waals surface area (Å²) in [6, 6.07) is 10.6. The first kappa shape index (κ1) is 14.2. The molecule has 0 unspecified atom stereocenters. The van der Waals surface area contributed by atoms with E-state index in [9.17, 15) is 0 Å². The van der Waals surface area contributed by atoms with Gasteiger partial charge in [0.25, 0.3) is 0 Å². The van der Waals surface area contributed by atoms with Gasteiger partial charge in [-0.1, -0.05) is 30.3 Å².